The van der Waals surface area contributed by atoms with Crippen molar-refractivity contribution in [1.29, 1.82) is 0 Å². The first-order valence-electron chi connectivity index (χ1n) is 7.72. The zero-order chi connectivity index (χ0) is 14.7. The Labute approximate surface area is 134 Å². The van der Waals surface area contributed by atoms with E-state index in [1.165, 1.54) is 19.4 Å². The number of ether oxygens (including phenoxy) is 1. The largest absolute Gasteiger partial charge is 0.387 e. The van der Waals surface area contributed by atoms with Gasteiger partial charge in [-0.25, -0.2) is 0 Å². The lowest BCUT2D eigenvalue weighted by Gasteiger charge is -2.35. The Kier molecular flexibility index (Phi) is 5.29. The Morgan fingerprint density at radius 2 is 2.38 bits per heavy atom. The smallest absolute Gasteiger partial charge is 0.0914 e. The molecule has 2 fully saturated rings. The highest BCUT2D eigenvalue weighted by Gasteiger charge is 2.31. The van der Waals surface area contributed by atoms with Crippen LogP contribution in [0, 0.1) is 0 Å². The molecule has 116 valence electrons. The maximum atomic E-state index is 10.2. The molecule has 4 nitrogen and oxygen atoms in total. The minimum absolute atomic E-state index is 0.244. The van der Waals surface area contributed by atoms with Crippen molar-refractivity contribution in [2.75, 3.05) is 32.8 Å². The Morgan fingerprint density at radius 1 is 1.48 bits per heavy atom. The van der Waals surface area contributed by atoms with E-state index < -0.39 is 6.10 Å². The second-order valence-corrected chi connectivity index (χ2v) is 6.89. The van der Waals surface area contributed by atoms with Crippen LogP contribution in [0.5, 0.6) is 0 Å². The van der Waals surface area contributed by atoms with Crippen molar-refractivity contribution in [2.45, 2.75) is 31.1 Å². The zero-order valence-electron chi connectivity index (χ0n) is 12.2. The van der Waals surface area contributed by atoms with Crippen molar-refractivity contribution in [3.05, 3.63) is 34.3 Å². The highest BCUT2D eigenvalue weighted by molar-refractivity contribution is 9.10. The van der Waals surface area contributed by atoms with Crippen molar-refractivity contribution in [3.8, 4) is 0 Å². The van der Waals surface area contributed by atoms with E-state index in [9.17, 15) is 5.11 Å². The zero-order valence-corrected chi connectivity index (χ0v) is 13.8. The molecule has 0 amide bonds. The fraction of sp³-hybridized carbons (Fsp3) is 0.625. The van der Waals surface area contributed by atoms with Gasteiger partial charge in [0.1, 0.15) is 0 Å². The van der Waals surface area contributed by atoms with Gasteiger partial charge in [0.15, 0.2) is 0 Å². The first kappa shape index (κ1) is 15.4. The summed E-state index contributed by atoms with van der Waals surface area (Å²) in [7, 11) is 0. The Morgan fingerprint density at radius 3 is 3.24 bits per heavy atom. The molecule has 5 heteroatoms. The normalized spacial score (nSPS) is 27.5. The molecule has 3 atom stereocenters. The minimum Gasteiger partial charge on any atom is -0.387 e. The highest BCUT2D eigenvalue weighted by atomic mass is 79.9. The predicted octanol–water partition coefficient (Wildman–Crippen LogP) is 1.94. The van der Waals surface area contributed by atoms with E-state index >= 15 is 0 Å². The Balaban J connectivity index is 1.41. The van der Waals surface area contributed by atoms with Crippen molar-refractivity contribution in [3.63, 3.8) is 0 Å². The van der Waals surface area contributed by atoms with Crippen LogP contribution in [-0.2, 0) is 4.74 Å². The number of rotatable bonds is 5. The van der Waals surface area contributed by atoms with Crippen LogP contribution in [0.25, 0.3) is 0 Å². The predicted molar refractivity (Wildman–Crippen MR) is 86.3 cm³/mol. The Hall–Kier alpha value is -0.460. The molecule has 3 unspecified atom stereocenters. The van der Waals surface area contributed by atoms with E-state index in [0.29, 0.717) is 12.6 Å². The number of aliphatic hydroxyl groups excluding tert-OH is 1. The molecule has 2 saturated heterocycles. The number of nitrogens with one attached hydrogen (secondary N) is 1. The van der Waals surface area contributed by atoms with Crippen molar-refractivity contribution >= 4 is 15.9 Å². The summed E-state index contributed by atoms with van der Waals surface area (Å²) < 4.78 is 6.90. The summed E-state index contributed by atoms with van der Waals surface area (Å²) in [5.74, 6) is 0. The first-order valence-corrected chi connectivity index (χ1v) is 8.51. The van der Waals surface area contributed by atoms with E-state index in [2.05, 4.69) is 26.1 Å². The SMILES string of the molecule is OC(CNCC1CN2CCCC2CO1)c1cccc(Br)c1. The average molecular weight is 355 g/mol. The van der Waals surface area contributed by atoms with Crippen LogP contribution in [0.2, 0.25) is 0 Å². The Bertz CT molecular complexity index is 471. The van der Waals surface area contributed by atoms with Gasteiger partial charge in [-0.05, 0) is 37.1 Å². The summed E-state index contributed by atoms with van der Waals surface area (Å²) in [6.45, 7) is 4.45. The molecular weight excluding hydrogens is 332 g/mol. The summed E-state index contributed by atoms with van der Waals surface area (Å²) in [6, 6.07) is 8.46. The third-order valence-electron chi connectivity index (χ3n) is 4.40. The molecule has 1 aromatic carbocycles. The number of aliphatic hydroxyl groups is 1. The second-order valence-electron chi connectivity index (χ2n) is 5.98. The van der Waals surface area contributed by atoms with Gasteiger partial charge in [-0.2, -0.15) is 0 Å². The van der Waals surface area contributed by atoms with Gasteiger partial charge in [0, 0.05) is 30.1 Å². The molecule has 0 aromatic heterocycles. The van der Waals surface area contributed by atoms with Gasteiger partial charge in [-0.1, -0.05) is 28.1 Å². The van der Waals surface area contributed by atoms with Crippen molar-refractivity contribution < 1.29 is 9.84 Å². The summed E-state index contributed by atoms with van der Waals surface area (Å²) >= 11 is 3.43. The third kappa shape index (κ3) is 4.05. The van der Waals surface area contributed by atoms with Gasteiger partial charge in [0.05, 0.1) is 18.8 Å². The molecule has 3 rings (SSSR count). The standard InChI is InChI=1S/C16H23BrN2O2/c17-13-4-1-3-12(7-13)16(20)9-18-8-15-10-19-6-2-5-14(19)11-21-15/h1,3-4,7,14-16,18,20H,2,5-6,8-11H2. The first-order chi connectivity index (χ1) is 10.2. The van der Waals surface area contributed by atoms with E-state index in [1.807, 2.05) is 24.3 Å². The van der Waals surface area contributed by atoms with Gasteiger partial charge in [0.25, 0.3) is 0 Å². The van der Waals surface area contributed by atoms with Crippen LogP contribution in [0.3, 0.4) is 0 Å². The van der Waals surface area contributed by atoms with E-state index in [-0.39, 0.29) is 6.10 Å². The van der Waals surface area contributed by atoms with Crippen molar-refractivity contribution in [2.24, 2.45) is 0 Å². The van der Waals surface area contributed by atoms with Crippen LogP contribution in [0.15, 0.2) is 28.7 Å². The lowest BCUT2D eigenvalue weighted by atomic mass is 10.1. The maximum Gasteiger partial charge on any atom is 0.0914 e. The maximum absolute atomic E-state index is 10.2. The quantitative estimate of drug-likeness (QED) is 0.847. The molecule has 0 bridgehead atoms. The van der Waals surface area contributed by atoms with Crippen LogP contribution in [-0.4, -0.2) is 54.9 Å². The number of nitrogens with zero attached hydrogens (tertiary/aromatic N) is 1. The monoisotopic (exact) mass is 354 g/mol. The lowest BCUT2D eigenvalue weighted by Crippen LogP contribution is -2.49. The molecule has 21 heavy (non-hydrogen) atoms. The second kappa shape index (κ2) is 7.20. The number of morpholine rings is 1. The van der Waals surface area contributed by atoms with Gasteiger partial charge in [-0.15, -0.1) is 0 Å². The molecule has 2 heterocycles. The number of hydrogen-bond acceptors (Lipinski definition) is 4. The summed E-state index contributed by atoms with van der Waals surface area (Å²) in [6.07, 6.45) is 2.34. The molecule has 2 N–H and O–H groups in total. The highest BCUT2D eigenvalue weighted by Crippen LogP contribution is 2.22. The molecule has 0 radical (unpaired) electrons. The molecule has 0 aliphatic carbocycles. The third-order valence-corrected chi connectivity index (χ3v) is 4.90. The molecule has 0 spiro atoms. The van der Waals surface area contributed by atoms with Gasteiger partial charge < -0.3 is 15.2 Å². The molecular formula is C16H23BrN2O2. The van der Waals surface area contributed by atoms with Crippen LogP contribution in [0.4, 0.5) is 0 Å². The van der Waals surface area contributed by atoms with Crippen LogP contribution < -0.4 is 5.32 Å². The summed E-state index contributed by atoms with van der Waals surface area (Å²) in [5.41, 5.74) is 0.932. The van der Waals surface area contributed by atoms with Crippen molar-refractivity contribution in [1.82, 2.24) is 10.2 Å². The van der Waals surface area contributed by atoms with Gasteiger partial charge in [0.2, 0.25) is 0 Å². The minimum atomic E-state index is -0.481. The number of fused-ring (bicyclic) bond motifs is 1. The van der Waals surface area contributed by atoms with Gasteiger partial charge >= 0.3 is 0 Å². The molecule has 2 aliphatic heterocycles. The lowest BCUT2D eigenvalue weighted by molar-refractivity contribution is -0.0476. The van der Waals surface area contributed by atoms with E-state index in [0.717, 1.165) is 29.7 Å². The number of hydrogen-bond donors (Lipinski definition) is 2. The van der Waals surface area contributed by atoms with Crippen LogP contribution >= 0.6 is 15.9 Å². The fourth-order valence-corrected chi connectivity index (χ4v) is 3.64. The summed E-state index contributed by atoms with van der Waals surface area (Å²) in [4.78, 5) is 2.54. The molecule has 1 aromatic rings. The number of benzene rings is 1. The van der Waals surface area contributed by atoms with Crippen LogP contribution in [0.1, 0.15) is 24.5 Å². The fourth-order valence-electron chi connectivity index (χ4n) is 3.22. The number of halogens is 1. The van der Waals surface area contributed by atoms with E-state index in [1.54, 1.807) is 0 Å². The molecule has 2 aliphatic rings. The van der Waals surface area contributed by atoms with Gasteiger partial charge in [-0.3, -0.25) is 4.90 Å². The van der Waals surface area contributed by atoms with E-state index in [4.69, 9.17) is 4.74 Å². The topological polar surface area (TPSA) is 44.7 Å². The average Bonchev–Trinajstić information content (AvgIpc) is 2.94. The summed E-state index contributed by atoms with van der Waals surface area (Å²) in [5, 5.41) is 13.5. The molecule has 0 saturated carbocycles.